The minimum atomic E-state index is -0.391. The first kappa shape index (κ1) is 20.8. The lowest BCUT2D eigenvalue weighted by atomic mass is 9.89. The summed E-state index contributed by atoms with van der Waals surface area (Å²) in [6.45, 7) is 0. The van der Waals surface area contributed by atoms with E-state index in [0.717, 1.165) is 34.3 Å². The predicted molar refractivity (Wildman–Crippen MR) is 142 cm³/mol. The summed E-state index contributed by atoms with van der Waals surface area (Å²) in [4.78, 5) is 0. The Kier molecular flexibility index (Phi) is 5.06. The molecule has 0 bridgehead atoms. The van der Waals surface area contributed by atoms with Crippen LogP contribution in [0.1, 0.15) is 24.0 Å². The summed E-state index contributed by atoms with van der Waals surface area (Å²) in [5.41, 5.74) is 8.33. The van der Waals surface area contributed by atoms with Gasteiger partial charge < -0.3 is 9.88 Å². The van der Waals surface area contributed by atoms with Gasteiger partial charge in [-0.3, -0.25) is 0 Å². The predicted octanol–water partition coefficient (Wildman–Crippen LogP) is 6.80. The fourth-order valence-corrected chi connectivity index (χ4v) is 5.23. The van der Waals surface area contributed by atoms with Gasteiger partial charge in [-0.05, 0) is 66.1 Å². The summed E-state index contributed by atoms with van der Waals surface area (Å²) in [6, 6.07) is 29.6. The van der Waals surface area contributed by atoms with Crippen LogP contribution < -0.4 is 5.32 Å². The van der Waals surface area contributed by atoms with E-state index in [1.54, 1.807) is 6.20 Å². The molecule has 2 aliphatic rings. The molecule has 4 aromatic rings. The molecule has 0 saturated heterocycles. The molecular weight excluding hydrogens is 428 g/mol. The molecule has 2 heterocycles. The van der Waals surface area contributed by atoms with Crippen LogP contribution >= 0.6 is 0 Å². The van der Waals surface area contributed by atoms with Gasteiger partial charge in [0.05, 0.1) is 23.2 Å². The molecule has 4 nitrogen and oxygen atoms in total. The standard InChI is InChI=1S/C31H22N4/c32-19-21-14-15-31(35-29-12-3-1-9-25(29)26-10-2-4-13-30(26)35)27(17-21)23-8-5-7-22(18-23)24-11-6-16-34-28(24)20-33/h1-13,16-18,28,34H,14-15H2. The Morgan fingerprint density at radius 3 is 2.26 bits per heavy atom. The van der Waals surface area contributed by atoms with E-state index in [4.69, 9.17) is 0 Å². The fraction of sp³-hybridized carbons (Fsp3) is 0.0968. The number of para-hydroxylation sites is 2. The van der Waals surface area contributed by atoms with Crippen molar-refractivity contribution in [3.05, 3.63) is 114 Å². The average Bonchev–Trinajstić information content (AvgIpc) is 3.27. The van der Waals surface area contributed by atoms with E-state index in [1.807, 2.05) is 30.4 Å². The van der Waals surface area contributed by atoms with Crippen LogP contribution in [0.2, 0.25) is 0 Å². The molecule has 1 N–H and O–H groups in total. The first-order valence-corrected chi connectivity index (χ1v) is 11.7. The molecule has 1 unspecified atom stereocenters. The molecular formula is C31H22N4. The van der Waals surface area contributed by atoms with Crippen molar-refractivity contribution in [3.63, 3.8) is 0 Å². The lowest BCUT2D eigenvalue weighted by molar-refractivity contribution is 0.857. The van der Waals surface area contributed by atoms with Crippen LogP contribution in [0.4, 0.5) is 0 Å². The highest BCUT2D eigenvalue weighted by atomic mass is 15.0. The largest absolute Gasteiger partial charge is 0.372 e. The van der Waals surface area contributed by atoms with Gasteiger partial charge in [0, 0.05) is 27.6 Å². The minimum absolute atomic E-state index is 0.391. The maximum absolute atomic E-state index is 9.73. The molecule has 35 heavy (non-hydrogen) atoms. The SMILES string of the molecule is N#CC1=CC(c2cccc(C3=CC=CNC3C#N)c2)=C(n2c3ccccc3c3ccccc32)CC1. The Labute approximate surface area is 204 Å². The number of hydrogen-bond donors (Lipinski definition) is 1. The first-order valence-electron chi connectivity index (χ1n) is 11.7. The number of benzene rings is 3. The molecule has 1 aliphatic heterocycles. The summed E-state index contributed by atoms with van der Waals surface area (Å²) >= 11 is 0. The summed E-state index contributed by atoms with van der Waals surface area (Å²) in [5, 5.41) is 24.9. The average molecular weight is 451 g/mol. The van der Waals surface area contributed by atoms with Gasteiger partial charge in [-0.25, -0.2) is 0 Å². The third kappa shape index (κ3) is 3.44. The van der Waals surface area contributed by atoms with Crippen molar-refractivity contribution in [1.29, 1.82) is 10.5 Å². The zero-order valence-corrected chi connectivity index (χ0v) is 19.1. The van der Waals surface area contributed by atoms with Crippen LogP contribution in [-0.4, -0.2) is 10.6 Å². The van der Waals surface area contributed by atoms with Gasteiger partial charge in [0.1, 0.15) is 6.04 Å². The van der Waals surface area contributed by atoms with E-state index in [9.17, 15) is 10.5 Å². The Morgan fingerprint density at radius 1 is 0.829 bits per heavy atom. The van der Waals surface area contributed by atoms with Crippen LogP contribution in [-0.2, 0) is 0 Å². The van der Waals surface area contributed by atoms with E-state index in [1.165, 1.54) is 27.5 Å². The zero-order chi connectivity index (χ0) is 23.8. The number of nitrogens with zero attached hydrogens (tertiary/aromatic N) is 3. The third-order valence-electron chi connectivity index (χ3n) is 6.84. The van der Waals surface area contributed by atoms with Crippen LogP contribution in [0.5, 0.6) is 0 Å². The molecule has 0 radical (unpaired) electrons. The number of nitriles is 2. The molecule has 0 saturated carbocycles. The lowest BCUT2D eigenvalue weighted by Gasteiger charge is -2.22. The van der Waals surface area contributed by atoms with E-state index in [0.29, 0.717) is 6.42 Å². The molecule has 1 aromatic heterocycles. The van der Waals surface area contributed by atoms with E-state index < -0.39 is 6.04 Å². The third-order valence-corrected chi connectivity index (χ3v) is 6.84. The van der Waals surface area contributed by atoms with Gasteiger partial charge in [0.15, 0.2) is 0 Å². The summed E-state index contributed by atoms with van der Waals surface area (Å²) in [5.74, 6) is 0. The molecule has 1 aliphatic carbocycles. The zero-order valence-electron chi connectivity index (χ0n) is 19.1. The summed E-state index contributed by atoms with van der Waals surface area (Å²) in [6.07, 6.45) is 9.24. The van der Waals surface area contributed by atoms with Crippen molar-refractivity contribution < 1.29 is 0 Å². The van der Waals surface area contributed by atoms with Crippen molar-refractivity contribution in [2.45, 2.75) is 18.9 Å². The van der Waals surface area contributed by atoms with Gasteiger partial charge in [-0.15, -0.1) is 0 Å². The normalized spacial score (nSPS) is 17.5. The Balaban J connectivity index is 1.62. The van der Waals surface area contributed by atoms with Crippen LogP contribution in [0.3, 0.4) is 0 Å². The molecule has 6 rings (SSSR count). The first-order chi connectivity index (χ1) is 17.3. The van der Waals surface area contributed by atoms with Crippen molar-refractivity contribution in [2.24, 2.45) is 0 Å². The number of hydrogen-bond acceptors (Lipinski definition) is 3. The second-order valence-electron chi connectivity index (χ2n) is 8.80. The Hall–Kier alpha value is -4.80. The maximum atomic E-state index is 9.73. The van der Waals surface area contributed by atoms with Crippen molar-refractivity contribution in [1.82, 2.24) is 9.88 Å². The Morgan fingerprint density at radius 2 is 1.54 bits per heavy atom. The van der Waals surface area contributed by atoms with Crippen molar-refractivity contribution >= 4 is 38.6 Å². The highest BCUT2D eigenvalue weighted by Crippen LogP contribution is 2.40. The molecule has 0 fully saturated rings. The second-order valence-corrected chi connectivity index (χ2v) is 8.80. The quantitative estimate of drug-likeness (QED) is 0.373. The Bertz CT molecular complexity index is 1640. The topological polar surface area (TPSA) is 64.5 Å². The fourth-order valence-electron chi connectivity index (χ4n) is 5.23. The second kappa shape index (κ2) is 8.52. The summed E-state index contributed by atoms with van der Waals surface area (Å²) in [7, 11) is 0. The number of nitrogens with one attached hydrogen (secondary N) is 1. The molecule has 0 spiro atoms. The number of rotatable bonds is 3. The van der Waals surface area contributed by atoms with Crippen molar-refractivity contribution in [3.8, 4) is 12.1 Å². The highest BCUT2D eigenvalue weighted by molar-refractivity contribution is 6.11. The van der Waals surface area contributed by atoms with E-state index in [2.05, 4.69) is 82.7 Å². The van der Waals surface area contributed by atoms with Crippen molar-refractivity contribution in [2.75, 3.05) is 0 Å². The molecule has 166 valence electrons. The molecule has 4 heteroatoms. The van der Waals surface area contributed by atoms with Crippen LogP contribution in [0.25, 0.3) is 38.6 Å². The van der Waals surface area contributed by atoms with Gasteiger partial charge in [0.2, 0.25) is 0 Å². The smallest absolute Gasteiger partial charge is 0.140 e. The van der Waals surface area contributed by atoms with Gasteiger partial charge >= 0.3 is 0 Å². The number of allylic oxidation sites excluding steroid dienone is 6. The molecule has 0 amide bonds. The molecule has 1 atom stereocenters. The highest BCUT2D eigenvalue weighted by Gasteiger charge is 2.22. The van der Waals surface area contributed by atoms with Gasteiger partial charge in [0.25, 0.3) is 0 Å². The van der Waals surface area contributed by atoms with Crippen LogP contribution in [0, 0.1) is 22.7 Å². The lowest BCUT2D eigenvalue weighted by Crippen LogP contribution is -2.25. The summed E-state index contributed by atoms with van der Waals surface area (Å²) < 4.78 is 2.36. The van der Waals surface area contributed by atoms with Crippen LogP contribution in [0.15, 0.2) is 103 Å². The number of dihydropyridines is 1. The van der Waals surface area contributed by atoms with E-state index >= 15 is 0 Å². The number of fused-ring (bicyclic) bond motifs is 3. The molecule has 3 aromatic carbocycles. The number of aromatic nitrogens is 1. The maximum Gasteiger partial charge on any atom is 0.140 e. The monoisotopic (exact) mass is 450 g/mol. The minimum Gasteiger partial charge on any atom is -0.372 e. The van der Waals surface area contributed by atoms with Gasteiger partial charge in [-0.2, -0.15) is 10.5 Å². The van der Waals surface area contributed by atoms with Gasteiger partial charge in [-0.1, -0.05) is 60.7 Å². The van der Waals surface area contributed by atoms with E-state index in [-0.39, 0.29) is 0 Å².